The van der Waals surface area contributed by atoms with E-state index in [2.05, 4.69) is 10.4 Å². The number of furan rings is 1. The van der Waals surface area contributed by atoms with E-state index in [4.69, 9.17) is 4.42 Å². The first-order valence-electron chi connectivity index (χ1n) is 7.48. The summed E-state index contributed by atoms with van der Waals surface area (Å²) in [5.74, 6) is 0.745. The van der Waals surface area contributed by atoms with Crippen LogP contribution < -0.4 is 5.32 Å². The predicted molar refractivity (Wildman–Crippen MR) is 88.6 cm³/mol. The first-order chi connectivity index (χ1) is 11.0. The van der Waals surface area contributed by atoms with Crippen molar-refractivity contribution in [2.24, 2.45) is 0 Å². The maximum atomic E-state index is 12.4. The van der Waals surface area contributed by atoms with Crippen molar-refractivity contribution in [3.05, 3.63) is 70.9 Å². The molecule has 0 saturated heterocycles. The molecule has 5 heteroatoms. The molecule has 0 aliphatic carbocycles. The molecule has 1 N–H and O–H groups in total. The number of rotatable bonds is 4. The van der Waals surface area contributed by atoms with Crippen molar-refractivity contribution >= 4 is 11.6 Å². The molecule has 0 fully saturated rings. The molecule has 2 heterocycles. The van der Waals surface area contributed by atoms with Crippen LogP contribution in [0.25, 0.3) is 0 Å². The van der Waals surface area contributed by atoms with Gasteiger partial charge < -0.3 is 9.73 Å². The smallest absolute Gasteiger partial charge is 0.291 e. The van der Waals surface area contributed by atoms with Gasteiger partial charge in [-0.3, -0.25) is 9.48 Å². The van der Waals surface area contributed by atoms with Crippen molar-refractivity contribution in [3.8, 4) is 0 Å². The average Bonchev–Trinajstić information content (AvgIpc) is 3.15. The lowest BCUT2D eigenvalue weighted by atomic mass is 10.1. The minimum absolute atomic E-state index is 0.244. The summed E-state index contributed by atoms with van der Waals surface area (Å²) in [5, 5.41) is 7.06. The molecule has 3 rings (SSSR count). The summed E-state index contributed by atoms with van der Waals surface area (Å²) in [6, 6.07) is 9.43. The standard InChI is InChI=1S/C18H19N3O2/c1-12-9-13(2)17(14(3)10-12)20-18(22)16-6-5-15(23-16)11-21-8-4-7-19-21/h4-10H,11H2,1-3H3,(H,20,22). The molecule has 0 aliphatic heterocycles. The summed E-state index contributed by atoms with van der Waals surface area (Å²) in [4.78, 5) is 12.4. The Labute approximate surface area is 134 Å². The summed E-state index contributed by atoms with van der Waals surface area (Å²) < 4.78 is 7.37. The van der Waals surface area contributed by atoms with E-state index in [0.29, 0.717) is 18.1 Å². The number of hydrogen-bond donors (Lipinski definition) is 1. The molecule has 0 radical (unpaired) electrons. The highest BCUT2D eigenvalue weighted by Crippen LogP contribution is 2.23. The maximum absolute atomic E-state index is 12.4. The lowest BCUT2D eigenvalue weighted by molar-refractivity contribution is 0.0994. The molecule has 1 amide bonds. The monoisotopic (exact) mass is 309 g/mol. The lowest BCUT2D eigenvalue weighted by Gasteiger charge is -2.11. The number of amides is 1. The molecule has 0 saturated carbocycles. The zero-order valence-corrected chi connectivity index (χ0v) is 13.5. The van der Waals surface area contributed by atoms with Gasteiger partial charge in [-0.15, -0.1) is 0 Å². The molecule has 3 aromatic rings. The van der Waals surface area contributed by atoms with Crippen LogP contribution in [0.5, 0.6) is 0 Å². The zero-order valence-electron chi connectivity index (χ0n) is 13.5. The first kappa shape index (κ1) is 15.1. The molecule has 0 atom stereocenters. The van der Waals surface area contributed by atoms with Crippen molar-refractivity contribution in [3.63, 3.8) is 0 Å². The van der Waals surface area contributed by atoms with Crippen LogP contribution in [0.15, 0.2) is 47.1 Å². The van der Waals surface area contributed by atoms with Crippen LogP contribution in [-0.4, -0.2) is 15.7 Å². The third-order valence-electron chi connectivity index (χ3n) is 3.68. The van der Waals surface area contributed by atoms with E-state index in [1.165, 1.54) is 5.56 Å². The van der Waals surface area contributed by atoms with Crippen molar-refractivity contribution in [1.29, 1.82) is 0 Å². The van der Waals surface area contributed by atoms with E-state index in [9.17, 15) is 4.79 Å². The van der Waals surface area contributed by atoms with Gasteiger partial charge in [0.1, 0.15) is 5.76 Å². The van der Waals surface area contributed by atoms with Crippen LogP contribution in [0.2, 0.25) is 0 Å². The Morgan fingerprint density at radius 1 is 1.22 bits per heavy atom. The van der Waals surface area contributed by atoms with Crippen molar-refractivity contribution in [1.82, 2.24) is 9.78 Å². The van der Waals surface area contributed by atoms with Gasteiger partial charge >= 0.3 is 0 Å². The van der Waals surface area contributed by atoms with Gasteiger partial charge in [0.05, 0.1) is 6.54 Å². The van der Waals surface area contributed by atoms with E-state index < -0.39 is 0 Å². The molecular formula is C18H19N3O2. The molecular weight excluding hydrogens is 290 g/mol. The van der Waals surface area contributed by atoms with Crippen LogP contribution in [0, 0.1) is 20.8 Å². The quantitative estimate of drug-likeness (QED) is 0.799. The number of carbonyl (C=O) groups is 1. The number of hydrogen-bond acceptors (Lipinski definition) is 3. The third kappa shape index (κ3) is 3.34. The number of nitrogens with one attached hydrogen (secondary N) is 1. The Kier molecular flexibility index (Phi) is 4.02. The zero-order chi connectivity index (χ0) is 16.4. The van der Waals surface area contributed by atoms with E-state index in [-0.39, 0.29) is 5.91 Å². The lowest BCUT2D eigenvalue weighted by Crippen LogP contribution is -2.13. The SMILES string of the molecule is Cc1cc(C)c(NC(=O)c2ccc(Cn3cccn3)o2)c(C)c1. The third-order valence-corrected chi connectivity index (χ3v) is 3.68. The highest BCUT2D eigenvalue weighted by atomic mass is 16.4. The molecule has 2 aromatic heterocycles. The van der Waals surface area contributed by atoms with Crippen LogP contribution in [0.3, 0.4) is 0 Å². The van der Waals surface area contributed by atoms with Crippen molar-refractivity contribution in [2.45, 2.75) is 27.3 Å². The predicted octanol–water partition coefficient (Wildman–Crippen LogP) is 3.70. The molecule has 1 aromatic carbocycles. The van der Waals surface area contributed by atoms with E-state index in [1.54, 1.807) is 23.0 Å². The number of nitrogens with zero attached hydrogens (tertiary/aromatic N) is 2. The van der Waals surface area contributed by atoms with Gasteiger partial charge in [0.2, 0.25) is 0 Å². The Hall–Kier alpha value is -2.82. The number of anilines is 1. The van der Waals surface area contributed by atoms with Gasteiger partial charge in [-0.2, -0.15) is 5.10 Å². The average molecular weight is 309 g/mol. The highest BCUT2D eigenvalue weighted by molar-refractivity contribution is 6.03. The second-order valence-corrected chi connectivity index (χ2v) is 5.70. The van der Waals surface area contributed by atoms with Gasteiger partial charge in [0.15, 0.2) is 5.76 Å². The van der Waals surface area contributed by atoms with Gasteiger partial charge in [0, 0.05) is 18.1 Å². The van der Waals surface area contributed by atoms with Crippen LogP contribution in [0.1, 0.15) is 33.0 Å². The molecule has 118 valence electrons. The Morgan fingerprint density at radius 3 is 2.61 bits per heavy atom. The van der Waals surface area contributed by atoms with Crippen molar-refractivity contribution in [2.75, 3.05) is 5.32 Å². The van der Waals surface area contributed by atoms with Gasteiger partial charge in [-0.25, -0.2) is 0 Å². The number of benzene rings is 1. The number of carbonyl (C=O) groups excluding carboxylic acids is 1. The molecule has 0 bridgehead atoms. The van der Waals surface area contributed by atoms with E-state index >= 15 is 0 Å². The van der Waals surface area contributed by atoms with Crippen molar-refractivity contribution < 1.29 is 9.21 Å². The molecule has 23 heavy (non-hydrogen) atoms. The Bertz CT molecular complexity index is 809. The number of aromatic nitrogens is 2. The van der Waals surface area contributed by atoms with Crippen LogP contribution in [0.4, 0.5) is 5.69 Å². The molecule has 5 nitrogen and oxygen atoms in total. The molecule has 0 spiro atoms. The normalized spacial score (nSPS) is 10.7. The largest absolute Gasteiger partial charge is 0.454 e. The first-order valence-corrected chi connectivity index (χ1v) is 7.48. The fraction of sp³-hybridized carbons (Fsp3) is 0.222. The summed E-state index contributed by atoms with van der Waals surface area (Å²) in [5.41, 5.74) is 4.10. The summed E-state index contributed by atoms with van der Waals surface area (Å²) in [6.07, 6.45) is 3.56. The van der Waals surface area contributed by atoms with Crippen LogP contribution in [-0.2, 0) is 6.54 Å². The Morgan fingerprint density at radius 2 is 1.96 bits per heavy atom. The summed E-state index contributed by atoms with van der Waals surface area (Å²) in [6.45, 7) is 6.52. The van der Waals surface area contributed by atoms with Gasteiger partial charge in [-0.05, 0) is 50.1 Å². The second kappa shape index (κ2) is 6.12. The highest BCUT2D eigenvalue weighted by Gasteiger charge is 2.14. The van der Waals surface area contributed by atoms with E-state index in [0.717, 1.165) is 16.8 Å². The second-order valence-electron chi connectivity index (χ2n) is 5.70. The fourth-order valence-corrected chi connectivity index (χ4v) is 2.69. The molecule has 0 unspecified atom stereocenters. The number of aryl methyl sites for hydroxylation is 3. The van der Waals surface area contributed by atoms with E-state index in [1.807, 2.05) is 45.2 Å². The molecule has 0 aliphatic rings. The Balaban J connectivity index is 1.75. The van der Waals surface area contributed by atoms with Gasteiger partial charge in [0.25, 0.3) is 5.91 Å². The fourth-order valence-electron chi connectivity index (χ4n) is 2.69. The minimum atomic E-state index is -0.244. The topological polar surface area (TPSA) is 60.1 Å². The summed E-state index contributed by atoms with van der Waals surface area (Å²) in [7, 11) is 0. The maximum Gasteiger partial charge on any atom is 0.291 e. The summed E-state index contributed by atoms with van der Waals surface area (Å²) >= 11 is 0. The minimum Gasteiger partial charge on any atom is -0.454 e. The van der Waals surface area contributed by atoms with Gasteiger partial charge in [-0.1, -0.05) is 17.7 Å². The van der Waals surface area contributed by atoms with Crippen LogP contribution >= 0.6 is 0 Å².